The van der Waals surface area contributed by atoms with E-state index in [0.29, 0.717) is 6.42 Å². The van der Waals surface area contributed by atoms with Gasteiger partial charge in [-0.15, -0.1) is 0 Å². The Hall–Kier alpha value is -1.96. The van der Waals surface area contributed by atoms with Crippen molar-refractivity contribution in [1.29, 1.82) is 0 Å². The van der Waals surface area contributed by atoms with Gasteiger partial charge in [0.05, 0.1) is 0 Å². The summed E-state index contributed by atoms with van der Waals surface area (Å²) in [6.45, 7) is 3.87. The molecular formula is C16H17NO. The van der Waals surface area contributed by atoms with Gasteiger partial charge in [0.25, 0.3) is 0 Å². The van der Waals surface area contributed by atoms with Gasteiger partial charge in [-0.25, -0.2) is 0 Å². The quantitative estimate of drug-likeness (QED) is 0.817. The number of pyridine rings is 1. The summed E-state index contributed by atoms with van der Waals surface area (Å²) in [5.41, 5.74) is 3.30. The summed E-state index contributed by atoms with van der Waals surface area (Å²) < 4.78 is 0. The van der Waals surface area contributed by atoms with E-state index in [0.717, 1.165) is 16.7 Å². The highest BCUT2D eigenvalue weighted by Crippen LogP contribution is 2.18. The van der Waals surface area contributed by atoms with Crippen LogP contribution in [0.3, 0.4) is 0 Å². The van der Waals surface area contributed by atoms with Crippen LogP contribution < -0.4 is 0 Å². The van der Waals surface area contributed by atoms with Gasteiger partial charge < -0.3 is 0 Å². The number of aromatic nitrogens is 1. The lowest BCUT2D eigenvalue weighted by molar-refractivity contribution is -0.121. The maximum absolute atomic E-state index is 11.7. The molecule has 0 atom stereocenters. The first-order valence-electron chi connectivity index (χ1n) is 6.19. The van der Waals surface area contributed by atoms with Crippen LogP contribution in [0.25, 0.3) is 11.1 Å². The molecule has 2 rings (SSSR count). The van der Waals surface area contributed by atoms with Gasteiger partial charge in [0.15, 0.2) is 0 Å². The summed E-state index contributed by atoms with van der Waals surface area (Å²) in [4.78, 5) is 15.8. The minimum atomic E-state index is 0.1000. The molecule has 2 heteroatoms. The Labute approximate surface area is 108 Å². The van der Waals surface area contributed by atoms with E-state index in [1.165, 1.54) is 0 Å². The van der Waals surface area contributed by atoms with E-state index in [9.17, 15) is 4.79 Å². The summed E-state index contributed by atoms with van der Waals surface area (Å²) in [5.74, 6) is 0.382. The second-order valence-corrected chi connectivity index (χ2v) is 4.74. The lowest BCUT2D eigenvalue weighted by atomic mass is 9.99. The Morgan fingerprint density at radius 2 is 1.83 bits per heavy atom. The number of nitrogens with zero attached hydrogens (tertiary/aromatic N) is 1. The topological polar surface area (TPSA) is 30.0 Å². The van der Waals surface area contributed by atoms with E-state index in [-0.39, 0.29) is 11.7 Å². The normalized spacial score (nSPS) is 10.6. The highest BCUT2D eigenvalue weighted by Gasteiger charge is 2.08. The zero-order chi connectivity index (χ0) is 13.0. The monoisotopic (exact) mass is 239 g/mol. The number of rotatable bonds is 4. The van der Waals surface area contributed by atoms with E-state index in [4.69, 9.17) is 0 Å². The van der Waals surface area contributed by atoms with Gasteiger partial charge in [0.1, 0.15) is 5.78 Å². The molecule has 0 bridgehead atoms. The second kappa shape index (κ2) is 5.58. The standard InChI is InChI=1S/C16H17NO/c1-12(2)16(18)10-13-5-7-14(8-6-13)15-4-3-9-17-11-15/h3-9,11-12H,10H2,1-2H3. The molecule has 0 spiro atoms. The van der Waals surface area contributed by atoms with Gasteiger partial charge in [0.2, 0.25) is 0 Å². The van der Waals surface area contributed by atoms with Crippen LogP contribution in [0.2, 0.25) is 0 Å². The van der Waals surface area contributed by atoms with Crippen molar-refractivity contribution in [2.75, 3.05) is 0 Å². The van der Waals surface area contributed by atoms with Crippen molar-refractivity contribution in [3.8, 4) is 11.1 Å². The zero-order valence-electron chi connectivity index (χ0n) is 10.8. The van der Waals surface area contributed by atoms with Crippen molar-refractivity contribution in [2.24, 2.45) is 5.92 Å². The van der Waals surface area contributed by atoms with Crippen molar-refractivity contribution < 1.29 is 4.79 Å². The molecule has 1 aromatic carbocycles. The first-order chi connectivity index (χ1) is 8.66. The van der Waals surface area contributed by atoms with Crippen LogP contribution in [0.15, 0.2) is 48.8 Å². The fraction of sp³-hybridized carbons (Fsp3) is 0.250. The van der Waals surface area contributed by atoms with E-state index in [2.05, 4.69) is 4.98 Å². The van der Waals surface area contributed by atoms with Crippen LogP contribution in [0, 0.1) is 5.92 Å². The summed E-state index contributed by atoms with van der Waals surface area (Å²) in [7, 11) is 0. The van der Waals surface area contributed by atoms with Crippen LogP contribution >= 0.6 is 0 Å². The fourth-order valence-electron chi connectivity index (χ4n) is 1.75. The first kappa shape index (κ1) is 12.5. The van der Waals surface area contributed by atoms with Gasteiger partial charge >= 0.3 is 0 Å². The molecule has 2 nitrogen and oxygen atoms in total. The van der Waals surface area contributed by atoms with Gasteiger partial charge in [-0.3, -0.25) is 9.78 Å². The Balaban J connectivity index is 2.13. The highest BCUT2D eigenvalue weighted by molar-refractivity contribution is 5.82. The van der Waals surface area contributed by atoms with Crippen LogP contribution in [-0.2, 0) is 11.2 Å². The maximum Gasteiger partial charge on any atom is 0.139 e. The molecule has 0 unspecified atom stereocenters. The molecule has 18 heavy (non-hydrogen) atoms. The van der Waals surface area contributed by atoms with Crippen LogP contribution in [0.5, 0.6) is 0 Å². The SMILES string of the molecule is CC(C)C(=O)Cc1ccc(-c2cccnc2)cc1. The Bertz CT molecular complexity index is 515. The predicted molar refractivity (Wildman–Crippen MR) is 73.2 cm³/mol. The number of carbonyl (C=O) groups is 1. The number of Topliss-reactive ketones (excluding diaryl/α,β-unsaturated/α-hetero) is 1. The third-order valence-electron chi connectivity index (χ3n) is 2.97. The molecule has 92 valence electrons. The number of hydrogen-bond donors (Lipinski definition) is 0. The van der Waals surface area contributed by atoms with Crippen LogP contribution in [-0.4, -0.2) is 10.8 Å². The molecule has 0 aliphatic carbocycles. The van der Waals surface area contributed by atoms with Gasteiger partial charge in [-0.1, -0.05) is 44.2 Å². The molecule has 0 aliphatic rings. The molecule has 0 amide bonds. The summed E-state index contributed by atoms with van der Waals surface area (Å²) in [6.07, 6.45) is 4.12. The van der Waals surface area contributed by atoms with Crippen molar-refractivity contribution in [3.63, 3.8) is 0 Å². The molecule has 0 fully saturated rings. The largest absolute Gasteiger partial charge is 0.299 e. The molecule has 2 aromatic rings. The molecule has 0 aliphatic heterocycles. The number of ketones is 1. The third kappa shape index (κ3) is 3.04. The Morgan fingerprint density at radius 1 is 1.11 bits per heavy atom. The van der Waals surface area contributed by atoms with E-state index in [1.807, 2.05) is 56.4 Å². The first-order valence-corrected chi connectivity index (χ1v) is 6.19. The third-order valence-corrected chi connectivity index (χ3v) is 2.97. The molecule has 1 aromatic heterocycles. The van der Waals surface area contributed by atoms with Crippen LogP contribution in [0.4, 0.5) is 0 Å². The van der Waals surface area contributed by atoms with E-state index >= 15 is 0 Å². The minimum absolute atomic E-state index is 0.1000. The predicted octanol–water partition coefficient (Wildman–Crippen LogP) is 3.52. The molecular weight excluding hydrogens is 222 g/mol. The second-order valence-electron chi connectivity index (χ2n) is 4.74. The lowest BCUT2D eigenvalue weighted by Crippen LogP contribution is -2.09. The van der Waals surface area contributed by atoms with Gasteiger partial charge in [-0.05, 0) is 22.8 Å². The average Bonchev–Trinajstić information content (AvgIpc) is 2.40. The Kier molecular flexibility index (Phi) is 3.88. The number of carbonyl (C=O) groups excluding carboxylic acids is 1. The molecule has 0 N–H and O–H groups in total. The van der Waals surface area contributed by atoms with Crippen molar-refractivity contribution in [2.45, 2.75) is 20.3 Å². The smallest absolute Gasteiger partial charge is 0.139 e. The zero-order valence-corrected chi connectivity index (χ0v) is 10.8. The van der Waals surface area contributed by atoms with E-state index < -0.39 is 0 Å². The summed E-state index contributed by atoms with van der Waals surface area (Å²) in [6, 6.07) is 12.1. The molecule has 1 heterocycles. The van der Waals surface area contributed by atoms with Gasteiger partial charge in [-0.2, -0.15) is 0 Å². The molecule has 0 radical (unpaired) electrons. The average molecular weight is 239 g/mol. The number of hydrogen-bond acceptors (Lipinski definition) is 2. The van der Waals surface area contributed by atoms with Crippen molar-refractivity contribution in [3.05, 3.63) is 54.4 Å². The summed E-state index contributed by atoms with van der Waals surface area (Å²) >= 11 is 0. The Morgan fingerprint density at radius 3 is 2.39 bits per heavy atom. The van der Waals surface area contributed by atoms with E-state index in [1.54, 1.807) is 6.20 Å². The maximum atomic E-state index is 11.7. The number of benzene rings is 1. The molecule has 0 saturated carbocycles. The fourth-order valence-corrected chi connectivity index (χ4v) is 1.75. The summed E-state index contributed by atoms with van der Waals surface area (Å²) in [5, 5.41) is 0. The van der Waals surface area contributed by atoms with Crippen LogP contribution in [0.1, 0.15) is 19.4 Å². The molecule has 0 saturated heterocycles. The van der Waals surface area contributed by atoms with Crippen molar-refractivity contribution >= 4 is 5.78 Å². The van der Waals surface area contributed by atoms with Crippen molar-refractivity contribution in [1.82, 2.24) is 4.98 Å². The lowest BCUT2D eigenvalue weighted by Gasteiger charge is -2.05. The van der Waals surface area contributed by atoms with Gasteiger partial charge in [0, 0.05) is 24.7 Å². The minimum Gasteiger partial charge on any atom is -0.299 e. The highest BCUT2D eigenvalue weighted by atomic mass is 16.1.